The Hall–Kier alpha value is -2.19. The van der Waals surface area contributed by atoms with Crippen LogP contribution in [0.4, 0.5) is 5.69 Å². The molecular formula is C16H17N3O3S2. The van der Waals surface area contributed by atoms with E-state index in [9.17, 15) is 13.2 Å². The number of carbonyl (C=O) groups is 1. The van der Waals surface area contributed by atoms with Crippen molar-refractivity contribution < 1.29 is 13.2 Å². The molecule has 0 bridgehead atoms. The predicted molar refractivity (Wildman–Crippen MR) is 95.6 cm³/mol. The molecule has 1 aliphatic rings. The highest BCUT2D eigenvalue weighted by atomic mass is 32.2. The van der Waals surface area contributed by atoms with Gasteiger partial charge >= 0.3 is 0 Å². The van der Waals surface area contributed by atoms with Crippen LogP contribution >= 0.6 is 11.3 Å². The fourth-order valence-corrected chi connectivity index (χ4v) is 4.02. The van der Waals surface area contributed by atoms with Crippen molar-refractivity contribution in [3.8, 4) is 0 Å². The van der Waals surface area contributed by atoms with E-state index < -0.39 is 10.0 Å². The van der Waals surface area contributed by atoms with E-state index in [-0.39, 0.29) is 11.9 Å². The summed E-state index contributed by atoms with van der Waals surface area (Å²) < 4.78 is 25.8. The van der Waals surface area contributed by atoms with Gasteiger partial charge in [-0.1, -0.05) is 24.3 Å². The number of nitrogens with zero attached hydrogens (tertiary/aromatic N) is 2. The van der Waals surface area contributed by atoms with Gasteiger partial charge in [0.2, 0.25) is 15.9 Å². The van der Waals surface area contributed by atoms with Crippen LogP contribution < -0.4 is 4.72 Å². The fourth-order valence-electron chi connectivity index (χ4n) is 2.71. The summed E-state index contributed by atoms with van der Waals surface area (Å²) >= 11 is 1.57. The number of thiophene rings is 1. The van der Waals surface area contributed by atoms with Crippen molar-refractivity contribution in [2.45, 2.75) is 19.4 Å². The highest BCUT2D eigenvalue weighted by Crippen LogP contribution is 2.37. The van der Waals surface area contributed by atoms with Gasteiger partial charge in [-0.15, -0.1) is 11.3 Å². The summed E-state index contributed by atoms with van der Waals surface area (Å²) in [6.07, 6.45) is 1.65. The monoisotopic (exact) mass is 363 g/mol. The summed E-state index contributed by atoms with van der Waals surface area (Å²) in [5, 5.41) is 7.85. The molecule has 3 rings (SSSR count). The summed E-state index contributed by atoms with van der Waals surface area (Å²) in [4.78, 5) is 13.0. The average molecular weight is 363 g/mol. The van der Waals surface area contributed by atoms with Crippen LogP contribution in [0.3, 0.4) is 0 Å². The Labute approximate surface area is 144 Å². The first-order valence-electron chi connectivity index (χ1n) is 7.33. The first-order valence-corrected chi connectivity index (χ1v) is 10.1. The third-order valence-corrected chi connectivity index (χ3v) is 5.16. The Balaban J connectivity index is 1.99. The molecule has 0 aliphatic carbocycles. The minimum absolute atomic E-state index is 0.180. The molecule has 24 heavy (non-hydrogen) atoms. The second-order valence-electron chi connectivity index (χ2n) is 5.57. The van der Waals surface area contributed by atoms with Crippen molar-refractivity contribution in [2.24, 2.45) is 5.10 Å². The zero-order chi connectivity index (χ0) is 17.3. The molecule has 1 atom stereocenters. The molecule has 0 radical (unpaired) electrons. The largest absolute Gasteiger partial charge is 0.283 e. The van der Waals surface area contributed by atoms with Gasteiger partial charge in [-0.3, -0.25) is 9.52 Å². The maximum absolute atomic E-state index is 12.0. The lowest BCUT2D eigenvalue weighted by Gasteiger charge is -2.23. The minimum atomic E-state index is -3.41. The third-order valence-electron chi connectivity index (χ3n) is 3.65. The van der Waals surface area contributed by atoms with Crippen LogP contribution in [0.25, 0.3) is 0 Å². The van der Waals surface area contributed by atoms with Gasteiger partial charge in [-0.25, -0.2) is 13.4 Å². The zero-order valence-corrected chi connectivity index (χ0v) is 14.9. The molecule has 126 valence electrons. The Morgan fingerprint density at radius 2 is 2.04 bits per heavy atom. The van der Waals surface area contributed by atoms with E-state index in [4.69, 9.17) is 0 Å². The quantitative estimate of drug-likeness (QED) is 0.907. The number of hydrazone groups is 1. The molecule has 0 spiro atoms. The first-order chi connectivity index (χ1) is 11.3. The van der Waals surface area contributed by atoms with Crippen molar-refractivity contribution in [3.63, 3.8) is 0 Å². The summed E-state index contributed by atoms with van der Waals surface area (Å²) in [5.74, 6) is -0.180. The topological polar surface area (TPSA) is 78.8 Å². The number of rotatable bonds is 4. The van der Waals surface area contributed by atoms with Gasteiger partial charge in [-0.05, 0) is 17.5 Å². The Bertz CT molecular complexity index is 889. The molecule has 2 aromatic rings. The van der Waals surface area contributed by atoms with E-state index in [1.54, 1.807) is 23.5 Å². The molecule has 0 unspecified atom stereocenters. The van der Waals surface area contributed by atoms with E-state index in [0.29, 0.717) is 12.1 Å². The average Bonchev–Trinajstić information content (AvgIpc) is 3.15. The second kappa shape index (κ2) is 6.37. The van der Waals surface area contributed by atoms with Crippen molar-refractivity contribution >= 4 is 38.7 Å². The van der Waals surface area contributed by atoms with Crippen LogP contribution in [0.1, 0.15) is 29.8 Å². The lowest BCUT2D eigenvalue weighted by atomic mass is 9.99. The van der Waals surface area contributed by atoms with Crippen LogP contribution in [0.2, 0.25) is 0 Å². The lowest BCUT2D eigenvalue weighted by Crippen LogP contribution is -2.25. The molecule has 2 heterocycles. The van der Waals surface area contributed by atoms with Crippen LogP contribution in [-0.2, 0) is 14.8 Å². The molecule has 0 saturated heterocycles. The number of anilines is 1. The molecule has 0 saturated carbocycles. The molecule has 1 N–H and O–H groups in total. The normalized spacial score (nSPS) is 17.7. The molecule has 8 heteroatoms. The van der Waals surface area contributed by atoms with Crippen molar-refractivity contribution in [3.05, 3.63) is 52.2 Å². The molecular weight excluding hydrogens is 346 g/mol. The number of hydrogen-bond acceptors (Lipinski definition) is 5. The standard InChI is InChI=1S/C16H17N3O3S2/c1-11(20)19-15(10-14(17-19)16-8-5-9-23-16)12-6-3-4-7-13(12)18-24(2,21)22/h3-9,15,18H,10H2,1-2H3/t15-/m0/s1. The van der Waals surface area contributed by atoms with Gasteiger partial charge < -0.3 is 0 Å². The van der Waals surface area contributed by atoms with Crippen LogP contribution in [-0.4, -0.2) is 31.3 Å². The van der Waals surface area contributed by atoms with Crippen LogP contribution in [0.5, 0.6) is 0 Å². The van der Waals surface area contributed by atoms with Crippen molar-refractivity contribution in [1.29, 1.82) is 0 Å². The number of sulfonamides is 1. The predicted octanol–water partition coefficient (Wildman–Crippen LogP) is 2.82. The fraction of sp³-hybridized carbons (Fsp3) is 0.250. The summed E-state index contributed by atoms with van der Waals surface area (Å²) in [6.45, 7) is 1.46. The van der Waals surface area contributed by atoms with Crippen molar-refractivity contribution in [1.82, 2.24) is 5.01 Å². The van der Waals surface area contributed by atoms with Gasteiger partial charge in [0.15, 0.2) is 0 Å². The summed E-state index contributed by atoms with van der Waals surface area (Å²) in [5.41, 5.74) is 2.03. The molecule has 1 aromatic carbocycles. The number of benzene rings is 1. The molecule has 0 fully saturated rings. The van der Waals surface area contributed by atoms with E-state index in [1.807, 2.05) is 29.6 Å². The Morgan fingerprint density at radius 3 is 2.67 bits per heavy atom. The van der Waals surface area contributed by atoms with Gasteiger partial charge in [0.05, 0.1) is 28.6 Å². The SMILES string of the molecule is CC(=O)N1N=C(c2cccs2)C[C@H]1c1ccccc1NS(C)(=O)=O. The zero-order valence-electron chi connectivity index (χ0n) is 13.3. The number of hydrogen-bond donors (Lipinski definition) is 1. The van der Waals surface area contributed by atoms with Crippen LogP contribution in [0, 0.1) is 0 Å². The van der Waals surface area contributed by atoms with E-state index in [1.165, 1.54) is 11.9 Å². The lowest BCUT2D eigenvalue weighted by molar-refractivity contribution is -0.130. The highest BCUT2D eigenvalue weighted by molar-refractivity contribution is 7.92. The third kappa shape index (κ3) is 3.49. The van der Waals surface area contributed by atoms with Gasteiger partial charge in [0.1, 0.15) is 0 Å². The van der Waals surface area contributed by atoms with E-state index in [2.05, 4.69) is 9.82 Å². The molecule has 6 nitrogen and oxygen atoms in total. The maximum Gasteiger partial charge on any atom is 0.240 e. The summed E-state index contributed by atoms with van der Waals surface area (Å²) in [6, 6.07) is 10.7. The van der Waals surface area contributed by atoms with E-state index >= 15 is 0 Å². The Kier molecular flexibility index (Phi) is 4.42. The first kappa shape index (κ1) is 16.7. The number of para-hydroxylation sites is 1. The van der Waals surface area contributed by atoms with E-state index in [0.717, 1.165) is 22.4 Å². The minimum Gasteiger partial charge on any atom is -0.283 e. The van der Waals surface area contributed by atoms with Gasteiger partial charge in [-0.2, -0.15) is 5.10 Å². The second-order valence-corrected chi connectivity index (χ2v) is 8.27. The van der Waals surface area contributed by atoms with Gasteiger partial charge in [0, 0.05) is 18.9 Å². The maximum atomic E-state index is 12.0. The summed E-state index contributed by atoms with van der Waals surface area (Å²) in [7, 11) is -3.41. The van der Waals surface area contributed by atoms with Crippen LogP contribution in [0.15, 0.2) is 46.9 Å². The Morgan fingerprint density at radius 1 is 1.29 bits per heavy atom. The van der Waals surface area contributed by atoms with Gasteiger partial charge in [0.25, 0.3) is 0 Å². The highest BCUT2D eigenvalue weighted by Gasteiger charge is 2.33. The number of amides is 1. The smallest absolute Gasteiger partial charge is 0.240 e. The molecule has 1 aliphatic heterocycles. The molecule has 1 amide bonds. The molecule has 1 aromatic heterocycles. The number of carbonyl (C=O) groups excluding carboxylic acids is 1. The van der Waals surface area contributed by atoms with Crippen molar-refractivity contribution in [2.75, 3.05) is 11.0 Å². The number of nitrogens with one attached hydrogen (secondary N) is 1.